The van der Waals surface area contributed by atoms with Gasteiger partial charge in [0.25, 0.3) is 0 Å². The van der Waals surface area contributed by atoms with Gasteiger partial charge in [-0.15, -0.1) is 0 Å². The first-order valence-corrected chi connectivity index (χ1v) is 10.3. The van der Waals surface area contributed by atoms with E-state index in [2.05, 4.69) is 19.2 Å². The number of ether oxygens (including phenoxy) is 1. The van der Waals surface area contributed by atoms with Gasteiger partial charge in [0.1, 0.15) is 6.04 Å². The number of nitrogens with zero attached hydrogens (tertiary/aromatic N) is 1. The summed E-state index contributed by atoms with van der Waals surface area (Å²) in [5.74, 6) is 0.269. The third kappa shape index (κ3) is 5.52. The van der Waals surface area contributed by atoms with Crippen molar-refractivity contribution < 1.29 is 17.9 Å². The lowest BCUT2D eigenvalue weighted by atomic mass is 10.2. The first-order chi connectivity index (χ1) is 11.9. The number of sulfonamides is 1. The Morgan fingerprint density at radius 3 is 2.72 bits per heavy atom. The van der Waals surface area contributed by atoms with Crippen LogP contribution in [0.1, 0.15) is 33.1 Å². The monoisotopic (exact) mass is 368 g/mol. The van der Waals surface area contributed by atoms with Gasteiger partial charge in [0.15, 0.2) is 0 Å². The molecule has 0 spiro atoms. The quantitative estimate of drug-likeness (QED) is 0.677. The summed E-state index contributed by atoms with van der Waals surface area (Å²) >= 11 is 0. The Bertz CT molecular complexity index is 646. The topological polar surface area (TPSA) is 75.7 Å². The maximum atomic E-state index is 12.8. The van der Waals surface area contributed by atoms with Crippen molar-refractivity contribution in [3.8, 4) is 0 Å². The Hall–Kier alpha value is -1.44. The number of amides is 1. The highest BCUT2D eigenvalue weighted by Gasteiger charge is 2.39. The maximum Gasteiger partial charge on any atom is 0.243 e. The second-order valence-electron chi connectivity index (χ2n) is 6.70. The molecule has 1 saturated heterocycles. The van der Waals surface area contributed by atoms with E-state index in [0.717, 1.165) is 6.42 Å². The number of carbonyl (C=O) groups excluding carboxylic acids is 1. The number of rotatable bonds is 9. The molecule has 25 heavy (non-hydrogen) atoms. The fourth-order valence-corrected chi connectivity index (χ4v) is 4.52. The SMILES string of the molecule is CC(C)COCCCNC(=O)C1CCCN1S(=O)(=O)c1ccccc1. The second-order valence-corrected chi connectivity index (χ2v) is 8.59. The molecule has 2 rings (SSSR count). The fourth-order valence-electron chi connectivity index (χ4n) is 2.84. The lowest BCUT2D eigenvalue weighted by molar-refractivity contribution is -0.124. The summed E-state index contributed by atoms with van der Waals surface area (Å²) < 4.78 is 32.3. The molecule has 0 aromatic heterocycles. The van der Waals surface area contributed by atoms with Gasteiger partial charge < -0.3 is 10.1 Å². The van der Waals surface area contributed by atoms with Crippen molar-refractivity contribution in [3.05, 3.63) is 30.3 Å². The molecule has 1 heterocycles. The highest BCUT2D eigenvalue weighted by Crippen LogP contribution is 2.26. The number of hydrogen-bond acceptors (Lipinski definition) is 4. The fraction of sp³-hybridized carbons (Fsp3) is 0.611. The lowest BCUT2D eigenvalue weighted by Crippen LogP contribution is -2.46. The summed E-state index contributed by atoms with van der Waals surface area (Å²) in [7, 11) is -3.63. The number of nitrogens with one attached hydrogen (secondary N) is 1. The van der Waals surface area contributed by atoms with Gasteiger partial charge in [0, 0.05) is 26.3 Å². The van der Waals surface area contributed by atoms with Crippen molar-refractivity contribution in [2.75, 3.05) is 26.3 Å². The van der Waals surface area contributed by atoms with Crippen molar-refractivity contribution >= 4 is 15.9 Å². The van der Waals surface area contributed by atoms with E-state index in [9.17, 15) is 13.2 Å². The minimum Gasteiger partial charge on any atom is -0.381 e. The van der Waals surface area contributed by atoms with E-state index in [-0.39, 0.29) is 10.8 Å². The molecule has 0 aliphatic carbocycles. The van der Waals surface area contributed by atoms with E-state index >= 15 is 0 Å². The minimum absolute atomic E-state index is 0.221. The molecule has 1 amide bonds. The van der Waals surface area contributed by atoms with E-state index in [1.165, 1.54) is 4.31 Å². The van der Waals surface area contributed by atoms with Crippen LogP contribution in [0, 0.1) is 5.92 Å². The molecule has 1 unspecified atom stereocenters. The van der Waals surface area contributed by atoms with Crippen molar-refractivity contribution in [2.45, 2.75) is 44.0 Å². The second kappa shape index (κ2) is 9.31. The van der Waals surface area contributed by atoms with Crippen LogP contribution in [0.3, 0.4) is 0 Å². The Labute approximate surface area is 150 Å². The molecule has 1 aromatic carbocycles. The molecular formula is C18H28N2O4S. The maximum absolute atomic E-state index is 12.8. The van der Waals surface area contributed by atoms with Gasteiger partial charge in [-0.1, -0.05) is 32.0 Å². The van der Waals surface area contributed by atoms with Gasteiger partial charge in [0.2, 0.25) is 15.9 Å². The van der Waals surface area contributed by atoms with Gasteiger partial charge in [-0.2, -0.15) is 4.31 Å². The highest BCUT2D eigenvalue weighted by atomic mass is 32.2. The van der Waals surface area contributed by atoms with Gasteiger partial charge in [-0.05, 0) is 37.3 Å². The van der Waals surface area contributed by atoms with E-state index in [0.29, 0.717) is 45.1 Å². The molecule has 1 N–H and O–H groups in total. The van der Waals surface area contributed by atoms with Gasteiger partial charge in [0.05, 0.1) is 4.90 Å². The molecule has 0 bridgehead atoms. The van der Waals surface area contributed by atoms with Crippen LogP contribution >= 0.6 is 0 Å². The molecule has 1 aliphatic heterocycles. The number of benzene rings is 1. The summed E-state index contributed by atoms with van der Waals surface area (Å²) in [4.78, 5) is 12.6. The van der Waals surface area contributed by atoms with E-state index in [1.54, 1.807) is 30.3 Å². The Morgan fingerprint density at radius 1 is 1.32 bits per heavy atom. The summed E-state index contributed by atoms with van der Waals surface area (Å²) in [6, 6.07) is 7.66. The largest absolute Gasteiger partial charge is 0.381 e. The van der Waals surface area contributed by atoms with Crippen molar-refractivity contribution in [1.29, 1.82) is 0 Å². The molecule has 1 aromatic rings. The van der Waals surface area contributed by atoms with Crippen LogP contribution in [0.2, 0.25) is 0 Å². The first-order valence-electron chi connectivity index (χ1n) is 8.85. The normalized spacial score (nSPS) is 18.6. The van der Waals surface area contributed by atoms with Crippen LogP contribution in [0.15, 0.2) is 35.2 Å². The molecular weight excluding hydrogens is 340 g/mol. The molecule has 1 aliphatic rings. The van der Waals surface area contributed by atoms with Crippen LogP contribution in [-0.2, 0) is 19.6 Å². The molecule has 0 saturated carbocycles. The summed E-state index contributed by atoms with van der Waals surface area (Å²) in [5.41, 5.74) is 0. The standard InChI is InChI=1S/C18H28N2O4S/c1-15(2)14-24-13-7-11-19-18(21)17-10-6-12-20(17)25(22,23)16-8-4-3-5-9-16/h3-5,8-9,15,17H,6-7,10-14H2,1-2H3,(H,19,21). The predicted molar refractivity (Wildman–Crippen MR) is 96.6 cm³/mol. The van der Waals surface area contributed by atoms with E-state index < -0.39 is 16.1 Å². The van der Waals surface area contributed by atoms with Gasteiger partial charge in [-0.25, -0.2) is 8.42 Å². The highest BCUT2D eigenvalue weighted by molar-refractivity contribution is 7.89. The minimum atomic E-state index is -3.63. The van der Waals surface area contributed by atoms with Crippen molar-refractivity contribution in [2.24, 2.45) is 5.92 Å². The predicted octanol–water partition coefficient (Wildman–Crippen LogP) is 2.02. The molecule has 1 atom stereocenters. The average Bonchev–Trinajstić information content (AvgIpc) is 3.09. The molecule has 140 valence electrons. The zero-order valence-electron chi connectivity index (χ0n) is 15.0. The van der Waals surface area contributed by atoms with Crippen molar-refractivity contribution in [1.82, 2.24) is 9.62 Å². The zero-order chi connectivity index (χ0) is 18.3. The third-order valence-corrected chi connectivity index (χ3v) is 5.99. The van der Waals surface area contributed by atoms with Crippen LogP contribution in [0.5, 0.6) is 0 Å². The average molecular weight is 368 g/mol. The van der Waals surface area contributed by atoms with Crippen molar-refractivity contribution in [3.63, 3.8) is 0 Å². The van der Waals surface area contributed by atoms with Crippen LogP contribution in [0.4, 0.5) is 0 Å². The lowest BCUT2D eigenvalue weighted by Gasteiger charge is -2.23. The zero-order valence-corrected chi connectivity index (χ0v) is 15.8. The molecule has 7 heteroatoms. The van der Waals surface area contributed by atoms with Crippen LogP contribution < -0.4 is 5.32 Å². The van der Waals surface area contributed by atoms with E-state index in [4.69, 9.17) is 4.74 Å². The van der Waals surface area contributed by atoms with Gasteiger partial charge in [-0.3, -0.25) is 4.79 Å². The first kappa shape index (κ1) is 19.9. The van der Waals surface area contributed by atoms with E-state index in [1.807, 2.05) is 0 Å². The number of hydrogen-bond donors (Lipinski definition) is 1. The van der Waals surface area contributed by atoms with Gasteiger partial charge >= 0.3 is 0 Å². The number of carbonyl (C=O) groups is 1. The van der Waals surface area contributed by atoms with Crippen LogP contribution in [0.25, 0.3) is 0 Å². The summed E-state index contributed by atoms with van der Waals surface area (Å²) in [6.45, 7) is 6.35. The summed E-state index contributed by atoms with van der Waals surface area (Å²) in [6.07, 6.45) is 1.97. The molecule has 1 fully saturated rings. The Morgan fingerprint density at radius 2 is 2.04 bits per heavy atom. The molecule has 0 radical (unpaired) electrons. The smallest absolute Gasteiger partial charge is 0.243 e. The Balaban J connectivity index is 1.87. The summed E-state index contributed by atoms with van der Waals surface area (Å²) in [5, 5.41) is 2.84. The van der Waals surface area contributed by atoms with Crippen LogP contribution in [-0.4, -0.2) is 51.0 Å². The third-order valence-electron chi connectivity index (χ3n) is 4.07. The Kier molecular flexibility index (Phi) is 7.40. The molecule has 6 nitrogen and oxygen atoms in total.